The van der Waals surface area contributed by atoms with Crippen molar-refractivity contribution in [3.8, 4) is 11.6 Å². The number of thiocarbonyl (C=S) groups is 1. The van der Waals surface area contributed by atoms with Gasteiger partial charge in [0.25, 0.3) is 0 Å². The van der Waals surface area contributed by atoms with Crippen LogP contribution in [0.4, 0.5) is 18.9 Å². The molecule has 0 atom stereocenters. The Hall–Kier alpha value is -2.44. The number of hydrogen-bond acceptors (Lipinski definition) is 6. The lowest BCUT2D eigenvalue weighted by Gasteiger charge is -2.27. The van der Waals surface area contributed by atoms with Crippen molar-refractivity contribution in [2.45, 2.75) is 20.0 Å². The summed E-state index contributed by atoms with van der Waals surface area (Å²) in [5.41, 5.74) is 0.507. The van der Waals surface area contributed by atoms with Gasteiger partial charge in [-0.15, -0.1) is 23.4 Å². The van der Waals surface area contributed by atoms with Crippen LogP contribution in [0.1, 0.15) is 6.92 Å². The lowest BCUT2D eigenvalue weighted by molar-refractivity contribution is -0.274. The van der Waals surface area contributed by atoms with Crippen molar-refractivity contribution < 1.29 is 27.8 Å². The van der Waals surface area contributed by atoms with Crippen LogP contribution in [0.25, 0.3) is 10.9 Å². The summed E-state index contributed by atoms with van der Waals surface area (Å²) in [6.45, 7) is 5.13. The second-order valence-electron chi connectivity index (χ2n) is 6.23. The van der Waals surface area contributed by atoms with E-state index in [2.05, 4.69) is 20.3 Å². The van der Waals surface area contributed by atoms with Crippen LogP contribution in [0.3, 0.4) is 0 Å². The Morgan fingerprint density at radius 2 is 2.07 bits per heavy atom. The van der Waals surface area contributed by atoms with Crippen LogP contribution in [-0.2, 0) is 11.4 Å². The summed E-state index contributed by atoms with van der Waals surface area (Å²) in [6, 6.07) is 3.80. The first-order valence-electron chi connectivity index (χ1n) is 8.89. The maximum Gasteiger partial charge on any atom is 0.573 e. The Morgan fingerprint density at radius 1 is 1.34 bits per heavy atom. The van der Waals surface area contributed by atoms with E-state index < -0.39 is 12.1 Å². The van der Waals surface area contributed by atoms with E-state index in [4.69, 9.17) is 17.0 Å². The molecular formula is C17H20F3N5O3S. The predicted molar refractivity (Wildman–Crippen MR) is 103 cm³/mol. The van der Waals surface area contributed by atoms with E-state index in [1.54, 1.807) is 4.57 Å². The van der Waals surface area contributed by atoms with Crippen molar-refractivity contribution in [2.24, 2.45) is 10.2 Å². The first-order valence-corrected chi connectivity index (χ1v) is 9.30. The normalized spacial score (nSPS) is 15.9. The molecule has 0 aliphatic carbocycles. The van der Waals surface area contributed by atoms with Crippen LogP contribution in [0.5, 0.6) is 11.6 Å². The van der Waals surface area contributed by atoms with Gasteiger partial charge >= 0.3 is 6.36 Å². The molecule has 1 saturated heterocycles. The highest BCUT2D eigenvalue weighted by Crippen LogP contribution is 2.41. The monoisotopic (exact) mass is 431 g/mol. The number of rotatable bonds is 5. The van der Waals surface area contributed by atoms with E-state index in [-0.39, 0.29) is 22.1 Å². The summed E-state index contributed by atoms with van der Waals surface area (Å²) in [7, 11) is 0. The fourth-order valence-corrected chi connectivity index (χ4v) is 3.15. The Balaban J connectivity index is 2.02. The maximum absolute atomic E-state index is 12.6. The highest BCUT2D eigenvalue weighted by atomic mass is 32.1. The molecule has 2 heterocycles. The second kappa shape index (κ2) is 8.93. The number of nitrogens with one attached hydrogen (secondary N) is 1. The molecule has 0 saturated carbocycles. The van der Waals surface area contributed by atoms with Gasteiger partial charge < -0.3 is 19.9 Å². The molecule has 0 unspecified atom stereocenters. The van der Waals surface area contributed by atoms with Crippen molar-refractivity contribution in [2.75, 3.05) is 32.8 Å². The van der Waals surface area contributed by atoms with Crippen molar-refractivity contribution in [1.82, 2.24) is 14.8 Å². The molecule has 0 radical (unpaired) electrons. The van der Waals surface area contributed by atoms with Gasteiger partial charge in [0.2, 0.25) is 11.0 Å². The van der Waals surface area contributed by atoms with E-state index in [1.165, 1.54) is 18.2 Å². The van der Waals surface area contributed by atoms with Gasteiger partial charge in [0.05, 0.1) is 25.4 Å². The van der Waals surface area contributed by atoms with E-state index in [0.717, 1.165) is 0 Å². The fraction of sp³-hybridized carbons (Fsp3) is 0.471. The van der Waals surface area contributed by atoms with Gasteiger partial charge in [-0.2, -0.15) is 0 Å². The minimum absolute atomic E-state index is 0.0149. The third-order valence-corrected chi connectivity index (χ3v) is 4.45. The number of aromatic nitrogens is 1. The Morgan fingerprint density at radius 3 is 2.72 bits per heavy atom. The summed E-state index contributed by atoms with van der Waals surface area (Å²) < 4.78 is 48.7. The number of ether oxygens (including phenoxy) is 2. The number of morpholine rings is 1. The molecule has 1 aromatic heterocycles. The summed E-state index contributed by atoms with van der Waals surface area (Å²) in [5.74, 6) is -0.641. The van der Waals surface area contributed by atoms with Crippen LogP contribution < -0.4 is 10.1 Å². The topological polar surface area (TPSA) is 83.6 Å². The molecule has 3 rings (SSSR count). The standard InChI is InChI=1S/C17H20F3N5O3S/c1-2-21-16(29)23-22-14-12-9-11(28-17(18,19)20)3-4-13(12)25(15(14)26)10-24-5-7-27-8-6-24/h3-4,9,26H,2,5-8,10H2,1H3,(H,21,29). The highest BCUT2D eigenvalue weighted by molar-refractivity contribution is 7.80. The molecule has 1 aliphatic heterocycles. The number of fused-ring (bicyclic) bond motifs is 1. The van der Waals surface area contributed by atoms with Gasteiger partial charge in [-0.25, -0.2) is 0 Å². The minimum atomic E-state index is -4.83. The second-order valence-corrected chi connectivity index (χ2v) is 6.62. The number of azo groups is 1. The van der Waals surface area contributed by atoms with Crippen molar-refractivity contribution in [1.29, 1.82) is 0 Å². The number of benzene rings is 1. The van der Waals surface area contributed by atoms with Crippen LogP contribution >= 0.6 is 12.2 Å². The largest absolute Gasteiger partial charge is 0.573 e. The molecule has 1 fully saturated rings. The minimum Gasteiger partial charge on any atom is -0.493 e. The van der Waals surface area contributed by atoms with Crippen molar-refractivity contribution in [3.63, 3.8) is 0 Å². The molecule has 0 spiro atoms. The molecular weight excluding hydrogens is 411 g/mol. The molecule has 1 aromatic carbocycles. The number of aromatic hydroxyl groups is 1. The van der Waals surface area contributed by atoms with Crippen molar-refractivity contribution >= 4 is 33.9 Å². The average Bonchev–Trinajstić information content (AvgIpc) is 2.91. The SMILES string of the molecule is CCNC(=S)N=Nc1c(O)n(CN2CCOCC2)c2ccc(OC(F)(F)F)cc12. The van der Waals surface area contributed by atoms with Crippen LogP contribution in [0.2, 0.25) is 0 Å². The third kappa shape index (κ3) is 5.34. The lowest BCUT2D eigenvalue weighted by atomic mass is 10.2. The van der Waals surface area contributed by atoms with E-state index in [1.807, 2.05) is 11.8 Å². The molecule has 1 aliphatic rings. The lowest BCUT2D eigenvalue weighted by Crippen LogP contribution is -2.37. The summed E-state index contributed by atoms with van der Waals surface area (Å²) >= 11 is 5.00. The summed E-state index contributed by atoms with van der Waals surface area (Å²) in [5, 5.41) is 21.7. The smallest absolute Gasteiger partial charge is 0.493 e. The van der Waals surface area contributed by atoms with Gasteiger partial charge in [-0.1, -0.05) is 0 Å². The van der Waals surface area contributed by atoms with Crippen LogP contribution in [0, 0.1) is 0 Å². The zero-order valence-electron chi connectivity index (χ0n) is 15.6. The van der Waals surface area contributed by atoms with Crippen molar-refractivity contribution in [3.05, 3.63) is 18.2 Å². The van der Waals surface area contributed by atoms with Gasteiger partial charge in [-0.3, -0.25) is 9.47 Å². The zero-order chi connectivity index (χ0) is 21.0. The van der Waals surface area contributed by atoms with Gasteiger partial charge in [0.1, 0.15) is 5.75 Å². The average molecular weight is 431 g/mol. The summed E-state index contributed by atoms with van der Waals surface area (Å²) in [4.78, 5) is 2.05. The van der Waals surface area contributed by atoms with E-state index in [9.17, 15) is 18.3 Å². The number of halogens is 3. The van der Waals surface area contributed by atoms with Crippen LogP contribution in [0.15, 0.2) is 28.4 Å². The Kier molecular flexibility index (Phi) is 6.55. The quantitative estimate of drug-likeness (QED) is 0.557. The Bertz CT molecular complexity index is 910. The van der Waals surface area contributed by atoms with Gasteiger partial charge in [-0.05, 0) is 37.3 Å². The van der Waals surface area contributed by atoms with Gasteiger partial charge in [0, 0.05) is 25.0 Å². The number of hydrogen-bond donors (Lipinski definition) is 2. The van der Waals surface area contributed by atoms with E-state index >= 15 is 0 Å². The van der Waals surface area contributed by atoms with E-state index in [0.29, 0.717) is 45.0 Å². The first kappa shape index (κ1) is 21.3. The predicted octanol–water partition coefficient (Wildman–Crippen LogP) is 3.51. The molecule has 0 amide bonds. The van der Waals surface area contributed by atoms with Crippen LogP contribution in [-0.4, -0.2) is 58.9 Å². The van der Waals surface area contributed by atoms with Gasteiger partial charge in [0.15, 0.2) is 5.69 Å². The zero-order valence-corrected chi connectivity index (χ0v) is 16.4. The summed E-state index contributed by atoms with van der Waals surface area (Å²) in [6.07, 6.45) is -4.83. The first-order chi connectivity index (χ1) is 13.8. The maximum atomic E-state index is 12.6. The number of nitrogens with zero attached hydrogens (tertiary/aromatic N) is 4. The number of alkyl halides is 3. The fourth-order valence-electron chi connectivity index (χ4n) is 2.97. The molecule has 2 N–H and O–H groups in total. The highest BCUT2D eigenvalue weighted by Gasteiger charge is 2.31. The third-order valence-electron chi connectivity index (χ3n) is 4.23. The molecule has 0 bridgehead atoms. The Labute approximate surface area is 169 Å². The molecule has 8 nitrogen and oxygen atoms in total. The molecule has 29 heavy (non-hydrogen) atoms. The molecule has 2 aromatic rings. The molecule has 12 heteroatoms. The molecule has 158 valence electrons.